The number of carboxylic acids is 1. The van der Waals surface area contributed by atoms with Crippen LogP contribution in [-0.2, 0) is 11.3 Å². The number of carboxylic acid groups (broad SMARTS) is 1. The normalized spacial score (nSPS) is 22.4. The maximum atomic E-state index is 11.0. The van der Waals surface area contributed by atoms with E-state index in [0.29, 0.717) is 6.61 Å². The fourth-order valence-corrected chi connectivity index (χ4v) is 3.99. The molecule has 27 heavy (non-hydrogen) atoms. The second-order valence-electron chi connectivity index (χ2n) is 7.45. The predicted molar refractivity (Wildman–Crippen MR) is 102 cm³/mol. The zero-order valence-electron chi connectivity index (χ0n) is 15.3. The van der Waals surface area contributed by atoms with Crippen molar-refractivity contribution in [2.75, 3.05) is 19.7 Å². The van der Waals surface area contributed by atoms with Gasteiger partial charge in [0.05, 0.1) is 0 Å². The Kier molecular flexibility index (Phi) is 5.30. The zero-order chi connectivity index (χ0) is 18.6. The number of rotatable bonds is 5. The molecule has 2 heterocycles. The molecule has 2 aliphatic rings. The highest BCUT2D eigenvalue weighted by Crippen LogP contribution is 2.35. The Hall–Kier alpha value is -2.53. The highest BCUT2D eigenvalue weighted by atomic mass is 16.6. The summed E-state index contributed by atoms with van der Waals surface area (Å²) in [5.74, 6) is 1.16. The van der Waals surface area contributed by atoms with E-state index in [1.807, 2.05) is 24.3 Å². The minimum atomic E-state index is -0.692. The van der Waals surface area contributed by atoms with Crippen LogP contribution in [0.5, 0.6) is 11.5 Å². The topological polar surface area (TPSA) is 59.0 Å². The van der Waals surface area contributed by atoms with Gasteiger partial charge in [0.1, 0.15) is 6.61 Å². The Balaban J connectivity index is 1.36. The van der Waals surface area contributed by atoms with Gasteiger partial charge in [-0.1, -0.05) is 36.4 Å². The number of para-hydroxylation sites is 2. The van der Waals surface area contributed by atoms with Gasteiger partial charge < -0.3 is 14.6 Å². The molecule has 0 bridgehead atoms. The van der Waals surface area contributed by atoms with Crippen molar-refractivity contribution in [3.63, 3.8) is 0 Å². The van der Waals surface area contributed by atoms with Gasteiger partial charge >= 0.3 is 5.97 Å². The molecule has 0 aliphatic carbocycles. The molecule has 2 aromatic rings. The van der Waals surface area contributed by atoms with Crippen LogP contribution >= 0.6 is 0 Å². The van der Waals surface area contributed by atoms with Crippen LogP contribution in [0.25, 0.3) is 0 Å². The molecule has 142 valence electrons. The van der Waals surface area contributed by atoms with E-state index < -0.39 is 5.97 Å². The third-order valence-corrected chi connectivity index (χ3v) is 5.33. The van der Waals surface area contributed by atoms with E-state index in [9.17, 15) is 4.79 Å². The van der Waals surface area contributed by atoms with Gasteiger partial charge in [0.25, 0.3) is 0 Å². The third-order valence-electron chi connectivity index (χ3n) is 5.33. The van der Waals surface area contributed by atoms with E-state index in [1.54, 1.807) is 0 Å². The summed E-state index contributed by atoms with van der Waals surface area (Å²) in [5.41, 5.74) is 2.35. The molecule has 2 aromatic carbocycles. The van der Waals surface area contributed by atoms with Crippen molar-refractivity contribution < 1.29 is 19.4 Å². The lowest BCUT2D eigenvalue weighted by Gasteiger charge is -2.32. The lowest BCUT2D eigenvalue weighted by molar-refractivity contribution is -0.138. The standard InChI is InChI=1S/C22H25NO4/c24-22(25)12-17-4-3-11-23(14-17)13-16-7-9-18(10-8-16)21-15-26-19-5-1-2-6-20(19)27-21/h1-2,5-10,17,21H,3-4,11-15H2,(H,24,25). The van der Waals surface area contributed by atoms with E-state index in [-0.39, 0.29) is 18.4 Å². The summed E-state index contributed by atoms with van der Waals surface area (Å²) in [6, 6.07) is 16.2. The molecule has 5 nitrogen and oxygen atoms in total. The second kappa shape index (κ2) is 8.01. The summed E-state index contributed by atoms with van der Waals surface area (Å²) in [7, 11) is 0. The van der Waals surface area contributed by atoms with E-state index in [0.717, 1.165) is 49.5 Å². The lowest BCUT2D eigenvalue weighted by Crippen LogP contribution is -2.35. The molecule has 1 N–H and O–H groups in total. The SMILES string of the molecule is O=C(O)CC1CCCN(Cc2ccc(C3COc4ccccc4O3)cc2)C1. The molecule has 1 fully saturated rings. The molecule has 0 saturated carbocycles. The van der Waals surface area contributed by atoms with Crippen molar-refractivity contribution in [3.05, 3.63) is 59.7 Å². The number of ether oxygens (including phenoxy) is 2. The maximum absolute atomic E-state index is 11.0. The minimum absolute atomic E-state index is 0.0936. The summed E-state index contributed by atoms with van der Waals surface area (Å²) in [6.45, 7) is 3.28. The van der Waals surface area contributed by atoms with Crippen LogP contribution in [0.3, 0.4) is 0 Å². The van der Waals surface area contributed by atoms with E-state index in [1.165, 1.54) is 5.56 Å². The summed E-state index contributed by atoms with van der Waals surface area (Å²) >= 11 is 0. The molecular weight excluding hydrogens is 342 g/mol. The Bertz CT molecular complexity index is 789. The van der Waals surface area contributed by atoms with Crippen molar-refractivity contribution in [2.45, 2.75) is 31.9 Å². The molecule has 0 aromatic heterocycles. The van der Waals surface area contributed by atoms with E-state index >= 15 is 0 Å². The van der Waals surface area contributed by atoms with Crippen LogP contribution in [0.15, 0.2) is 48.5 Å². The van der Waals surface area contributed by atoms with E-state index in [2.05, 4.69) is 29.2 Å². The summed E-state index contributed by atoms with van der Waals surface area (Å²) in [6.07, 6.45) is 2.27. The molecule has 1 saturated heterocycles. The molecule has 5 heteroatoms. The fraction of sp³-hybridized carbons (Fsp3) is 0.409. The number of hydrogen-bond acceptors (Lipinski definition) is 4. The Labute approximate surface area is 159 Å². The van der Waals surface area contributed by atoms with Crippen LogP contribution in [0, 0.1) is 5.92 Å². The molecule has 0 amide bonds. The number of hydrogen-bond donors (Lipinski definition) is 1. The van der Waals surface area contributed by atoms with Crippen molar-refractivity contribution in [2.24, 2.45) is 5.92 Å². The van der Waals surface area contributed by atoms with Gasteiger partial charge in [-0.2, -0.15) is 0 Å². The molecule has 2 aliphatic heterocycles. The minimum Gasteiger partial charge on any atom is -0.485 e. The third kappa shape index (κ3) is 4.42. The largest absolute Gasteiger partial charge is 0.485 e. The highest BCUT2D eigenvalue weighted by molar-refractivity contribution is 5.67. The van der Waals surface area contributed by atoms with Crippen molar-refractivity contribution in [1.29, 1.82) is 0 Å². The summed E-state index contributed by atoms with van der Waals surface area (Å²) < 4.78 is 11.9. The van der Waals surface area contributed by atoms with Crippen molar-refractivity contribution >= 4 is 5.97 Å². The predicted octanol–water partition coefficient (Wildman–Crippen LogP) is 3.89. The van der Waals surface area contributed by atoms with Gasteiger partial charge in [0.2, 0.25) is 0 Å². The molecule has 2 atom stereocenters. The van der Waals surface area contributed by atoms with Crippen LogP contribution in [0.1, 0.15) is 36.5 Å². The number of fused-ring (bicyclic) bond motifs is 1. The van der Waals surface area contributed by atoms with Crippen LogP contribution < -0.4 is 9.47 Å². The van der Waals surface area contributed by atoms with Gasteiger partial charge in [-0.3, -0.25) is 9.69 Å². The molecule has 4 rings (SSSR count). The number of piperidine rings is 1. The van der Waals surface area contributed by atoms with Crippen molar-refractivity contribution in [3.8, 4) is 11.5 Å². The summed E-state index contributed by atoms with van der Waals surface area (Å²) in [4.78, 5) is 13.3. The van der Waals surface area contributed by atoms with Crippen LogP contribution in [0.2, 0.25) is 0 Å². The Morgan fingerprint density at radius 3 is 2.67 bits per heavy atom. The van der Waals surface area contributed by atoms with E-state index in [4.69, 9.17) is 14.6 Å². The van der Waals surface area contributed by atoms with Gasteiger partial charge in [-0.25, -0.2) is 0 Å². The average molecular weight is 367 g/mol. The quantitative estimate of drug-likeness (QED) is 0.869. The van der Waals surface area contributed by atoms with Gasteiger partial charge in [-0.05, 0) is 48.6 Å². The maximum Gasteiger partial charge on any atom is 0.303 e. The average Bonchev–Trinajstić information content (AvgIpc) is 2.68. The first-order valence-corrected chi connectivity index (χ1v) is 9.59. The Morgan fingerprint density at radius 2 is 1.89 bits per heavy atom. The molecule has 0 radical (unpaired) electrons. The first-order chi connectivity index (χ1) is 13.2. The van der Waals surface area contributed by atoms with Gasteiger partial charge in [0, 0.05) is 19.5 Å². The van der Waals surface area contributed by atoms with Gasteiger partial charge in [0.15, 0.2) is 17.6 Å². The lowest BCUT2D eigenvalue weighted by atomic mass is 9.94. The molecule has 2 unspecified atom stereocenters. The van der Waals surface area contributed by atoms with Gasteiger partial charge in [-0.15, -0.1) is 0 Å². The molecular formula is C22H25NO4. The highest BCUT2D eigenvalue weighted by Gasteiger charge is 2.23. The smallest absolute Gasteiger partial charge is 0.303 e. The number of aliphatic carboxylic acids is 1. The summed E-state index contributed by atoms with van der Waals surface area (Å²) in [5, 5.41) is 9.02. The first-order valence-electron chi connectivity index (χ1n) is 9.59. The zero-order valence-corrected chi connectivity index (χ0v) is 15.3. The second-order valence-corrected chi connectivity index (χ2v) is 7.45. The van der Waals surface area contributed by atoms with Crippen LogP contribution in [0.4, 0.5) is 0 Å². The number of likely N-dealkylation sites (tertiary alicyclic amines) is 1. The fourth-order valence-electron chi connectivity index (χ4n) is 3.99. The number of nitrogens with zero attached hydrogens (tertiary/aromatic N) is 1. The monoisotopic (exact) mass is 367 g/mol. The molecule has 0 spiro atoms. The van der Waals surface area contributed by atoms with Crippen molar-refractivity contribution in [1.82, 2.24) is 4.90 Å². The van der Waals surface area contributed by atoms with Crippen LogP contribution in [-0.4, -0.2) is 35.7 Å². The number of benzene rings is 2. The number of carbonyl (C=O) groups is 1. The first kappa shape index (κ1) is 17.9. The Morgan fingerprint density at radius 1 is 1.11 bits per heavy atom.